The van der Waals surface area contributed by atoms with Crippen molar-refractivity contribution >= 4 is 9.84 Å². The standard InChI is InChI=1S/C28H29F4N3O3S/c1-19(28(30,31)32)35-12-10-27(11-13-35)9-8-22-14-21(3-7-26(22)38-27)25-6-2-20(15-34-25)17-39(36,37)18-24-5-4-23(29)16-33-24/h2-7,14-16,19H,8-13,17-18H2,1H3. The van der Waals surface area contributed by atoms with Crippen molar-refractivity contribution in [3.63, 3.8) is 0 Å². The summed E-state index contributed by atoms with van der Waals surface area (Å²) in [6.07, 6.45) is 0.896. The van der Waals surface area contributed by atoms with Gasteiger partial charge in [-0.15, -0.1) is 0 Å². The summed E-state index contributed by atoms with van der Waals surface area (Å²) in [5, 5.41) is 0. The fraction of sp³-hybridized carbons (Fsp3) is 0.429. The molecular formula is C28H29F4N3O3S. The van der Waals surface area contributed by atoms with Gasteiger partial charge in [0, 0.05) is 24.8 Å². The third-order valence-corrected chi connectivity index (χ3v) is 9.14. The predicted molar refractivity (Wildman–Crippen MR) is 138 cm³/mol. The first-order chi connectivity index (χ1) is 18.4. The van der Waals surface area contributed by atoms with Crippen molar-refractivity contribution < 1.29 is 30.7 Å². The number of aromatic nitrogens is 2. The van der Waals surface area contributed by atoms with Crippen LogP contribution < -0.4 is 4.74 Å². The molecule has 11 heteroatoms. The van der Waals surface area contributed by atoms with Crippen molar-refractivity contribution in [1.29, 1.82) is 0 Å². The molecule has 208 valence electrons. The maximum absolute atomic E-state index is 13.1. The molecule has 1 spiro atoms. The molecule has 0 bridgehead atoms. The Balaban J connectivity index is 1.22. The maximum Gasteiger partial charge on any atom is 0.403 e. The van der Waals surface area contributed by atoms with Crippen LogP contribution in [-0.4, -0.2) is 54.2 Å². The highest BCUT2D eigenvalue weighted by Gasteiger charge is 2.45. The molecular weight excluding hydrogens is 534 g/mol. The molecule has 39 heavy (non-hydrogen) atoms. The summed E-state index contributed by atoms with van der Waals surface area (Å²) in [5.74, 6) is -0.275. The van der Waals surface area contributed by atoms with E-state index in [-0.39, 0.29) is 17.2 Å². The molecule has 0 aliphatic carbocycles. The van der Waals surface area contributed by atoms with Crippen molar-refractivity contribution in [2.45, 2.75) is 61.9 Å². The van der Waals surface area contributed by atoms with Crippen molar-refractivity contribution in [3.05, 3.63) is 77.5 Å². The van der Waals surface area contributed by atoms with E-state index in [2.05, 4.69) is 9.97 Å². The highest BCUT2D eigenvalue weighted by molar-refractivity contribution is 7.89. The van der Waals surface area contributed by atoms with Crippen LogP contribution in [0, 0.1) is 5.82 Å². The molecule has 1 atom stereocenters. The Morgan fingerprint density at radius 3 is 2.41 bits per heavy atom. The van der Waals surface area contributed by atoms with Crippen LogP contribution >= 0.6 is 0 Å². The first kappa shape index (κ1) is 27.5. The van der Waals surface area contributed by atoms with E-state index in [1.807, 2.05) is 18.2 Å². The lowest BCUT2D eigenvalue weighted by molar-refractivity contribution is -0.186. The molecule has 4 heterocycles. The maximum atomic E-state index is 13.1. The number of pyridine rings is 2. The fourth-order valence-corrected chi connectivity index (χ4v) is 6.66. The molecule has 0 radical (unpaired) electrons. The number of hydrogen-bond acceptors (Lipinski definition) is 6. The van der Waals surface area contributed by atoms with Crippen molar-refractivity contribution in [2.75, 3.05) is 13.1 Å². The van der Waals surface area contributed by atoms with Crippen LogP contribution in [0.25, 0.3) is 11.3 Å². The second-order valence-electron chi connectivity index (χ2n) is 10.4. The summed E-state index contributed by atoms with van der Waals surface area (Å²) in [5.41, 5.74) is 2.95. The summed E-state index contributed by atoms with van der Waals surface area (Å²) in [7, 11) is -3.52. The lowest BCUT2D eigenvalue weighted by Gasteiger charge is -2.46. The first-order valence-corrected chi connectivity index (χ1v) is 14.6. The molecule has 2 aliphatic heterocycles. The van der Waals surface area contributed by atoms with Crippen molar-refractivity contribution in [2.24, 2.45) is 0 Å². The van der Waals surface area contributed by atoms with Crippen molar-refractivity contribution in [3.8, 4) is 17.0 Å². The van der Waals surface area contributed by atoms with E-state index >= 15 is 0 Å². The summed E-state index contributed by atoms with van der Waals surface area (Å²) < 4.78 is 83.9. The van der Waals surface area contributed by atoms with Gasteiger partial charge in [0.15, 0.2) is 9.84 Å². The molecule has 1 saturated heterocycles. The van der Waals surface area contributed by atoms with Crippen LogP contribution in [0.15, 0.2) is 54.9 Å². The largest absolute Gasteiger partial charge is 0.487 e. The molecule has 0 N–H and O–H groups in total. The van der Waals surface area contributed by atoms with E-state index < -0.39 is 33.5 Å². The van der Waals surface area contributed by atoms with E-state index in [1.165, 1.54) is 30.2 Å². The van der Waals surface area contributed by atoms with Gasteiger partial charge in [0.05, 0.1) is 29.1 Å². The minimum Gasteiger partial charge on any atom is -0.487 e. The highest BCUT2D eigenvalue weighted by atomic mass is 32.2. The molecule has 1 unspecified atom stereocenters. The van der Waals surface area contributed by atoms with Gasteiger partial charge in [-0.05, 0) is 80.1 Å². The van der Waals surface area contributed by atoms with Crippen LogP contribution in [0.4, 0.5) is 17.6 Å². The number of aryl methyl sites for hydroxylation is 1. The van der Waals surface area contributed by atoms with Gasteiger partial charge >= 0.3 is 6.18 Å². The van der Waals surface area contributed by atoms with Gasteiger partial charge < -0.3 is 4.74 Å². The van der Waals surface area contributed by atoms with Gasteiger partial charge in [-0.3, -0.25) is 14.9 Å². The quantitative estimate of drug-likeness (QED) is 0.369. The van der Waals surface area contributed by atoms with E-state index in [0.29, 0.717) is 37.2 Å². The summed E-state index contributed by atoms with van der Waals surface area (Å²) in [6.45, 7) is 1.91. The number of nitrogens with zero attached hydrogens (tertiary/aromatic N) is 3. The number of ether oxygens (including phenoxy) is 1. The predicted octanol–water partition coefficient (Wildman–Crippen LogP) is 5.51. The van der Waals surface area contributed by atoms with Crippen molar-refractivity contribution in [1.82, 2.24) is 14.9 Å². The first-order valence-electron chi connectivity index (χ1n) is 12.8. The smallest absolute Gasteiger partial charge is 0.403 e. The molecule has 1 aromatic carbocycles. The molecule has 2 aromatic heterocycles. The normalized spacial score (nSPS) is 18.4. The summed E-state index contributed by atoms with van der Waals surface area (Å²) in [6, 6.07) is 10.3. The number of fused-ring (bicyclic) bond motifs is 1. The average molecular weight is 564 g/mol. The Kier molecular flexibility index (Phi) is 7.41. The molecule has 3 aromatic rings. The second kappa shape index (κ2) is 10.5. The average Bonchev–Trinajstić information content (AvgIpc) is 2.89. The zero-order chi connectivity index (χ0) is 27.8. The van der Waals surface area contributed by atoms with Crippen LogP contribution in [0.3, 0.4) is 0 Å². The Hall–Kier alpha value is -3.05. The Labute approximate surface area is 225 Å². The van der Waals surface area contributed by atoms with E-state index in [1.54, 1.807) is 12.1 Å². The molecule has 6 nitrogen and oxygen atoms in total. The molecule has 1 fully saturated rings. The van der Waals surface area contributed by atoms with Gasteiger partial charge in [0.2, 0.25) is 0 Å². The Morgan fingerprint density at radius 2 is 1.77 bits per heavy atom. The number of benzene rings is 1. The Morgan fingerprint density at radius 1 is 1.00 bits per heavy atom. The van der Waals surface area contributed by atoms with Gasteiger partial charge in [0.1, 0.15) is 23.2 Å². The lowest BCUT2D eigenvalue weighted by atomic mass is 9.82. The number of sulfone groups is 1. The molecule has 5 rings (SSSR count). The Bertz CT molecular complexity index is 1420. The van der Waals surface area contributed by atoms with Gasteiger partial charge in [-0.1, -0.05) is 6.07 Å². The topological polar surface area (TPSA) is 72.4 Å². The summed E-state index contributed by atoms with van der Waals surface area (Å²) >= 11 is 0. The second-order valence-corrected chi connectivity index (χ2v) is 12.5. The minimum atomic E-state index is -4.23. The van der Waals surface area contributed by atoms with E-state index in [4.69, 9.17) is 4.74 Å². The molecule has 0 amide bonds. The van der Waals surface area contributed by atoms with Gasteiger partial charge in [0.25, 0.3) is 0 Å². The zero-order valence-electron chi connectivity index (χ0n) is 21.4. The fourth-order valence-electron chi connectivity index (χ4n) is 5.26. The highest BCUT2D eigenvalue weighted by Crippen LogP contribution is 2.41. The van der Waals surface area contributed by atoms with Crippen LogP contribution in [0.5, 0.6) is 5.75 Å². The third-order valence-electron chi connectivity index (χ3n) is 7.63. The minimum absolute atomic E-state index is 0.210. The number of alkyl halides is 3. The number of likely N-dealkylation sites (tertiary alicyclic amines) is 1. The van der Waals surface area contributed by atoms with E-state index in [9.17, 15) is 26.0 Å². The third kappa shape index (κ3) is 6.41. The summed E-state index contributed by atoms with van der Waals surface area (Å²) in [4.78, 5) is 9.76. The van der Waals surface area contributed by atoms with Gasteiger partial charge in [-0.2, -0.15) is 13.2 Å². The van der Waals surface area contributed by atoms with E-state index in [0.717, 1.165) is 35.9 Å². The molecule has 0 saturated carbocycles. The number of hydrogen-bond donors (Lipinski definition) is 0. The monoisotopic (exact) mass is 563 g/mol. The number of halogens is 4. The van der Waals surface area contributed by atoms with Crippen LogP contribution in [0.1, 0.15) is 43.0 Å². The number of rotatable bonds is 6. The van der Waals surface area contributed by atoms with Crippen LogP contribution in [-0.2, 0) is 27.8 Å². The number of piperidine rings is 1. The zero-order valence-corrected chi connectivity index (χ0v) is 22.2. The molecule has 2 aliphatic rings. The lowest BCUT2D eigenvalue weighted by Crippen LogP contribution is -2.54. The van der Waals surface area contributed by atoms with Crippen LogP contribution in [0.2, 0.25) is 0 Å². The SMILES string of the molecule is CC(N1CCC2(CCc3cc(-c4ccc(CS(=O)(=O)Cc5ccc(F)cn5)cn4)ccc3O2)CC1)C(F)(F)F. The van der Waals surface area contributed by atoms with Gasteiger partial charge in [-0.25, -0.2) is 12.8 Å².